The Morgan fingerprint density at radius 1 is 0.810 bits per heavy atom. The fraction of sp³-hybridized carbons (Fsp3) is 0.510. The van der Waals surface area contributed by atoms with E-state index in [1.807, 2.05) is 66.7 Å². The van der Waals surface area contributed by atoms with E-state index < -0.39 is 44.0 Å². The van der Waals surface area contributed by atoms with Gasteiger partial charge in [-0.05, 0) is 83.8 Å². The third-order valence-corrected chi connectivity index (χ3v) is 18.6. The van der Waals surface area contributed by atoms with Crippen LogP contribution in [0.1, 0.15) is 109 Å². The van der Waals surface area contributed by atoms with Gasteiger partial charge in [-0.2, -0.15) is 0 Å². The minimum absolute atomic E-state index is 0.0789. The number of benzene rings is 3. The largest absolute Gasteiger partial charge is 0.497 e. The molecule has 2 N–H and O–H groups in total. The van der Waals surface area contributed by atoms with Crippen LogP contribution in [0.25, 0.3) is 0 Å². The van der Waals surface area contributed by atoms with Crippen molar-refractivity contribution in [3.63, 3.8) is 0 Å². The van der Waals surface area contributed by atoms with Crippen LogP contribution >= 0.6 is 0 Å². The molecule has 63 heavy (non-hydrogen) atoms. The van der Waals surface area contributed by atoms with Gasteiger partial charge in [-0.15, -0.1) is 0 Å². The van der Waals surface area contributed by atoms with Gasteiger partial charge in [0.1, 0.15) is 29.4 Å². The normalized spacial score (nSPS) is 16.8. The molecule has 13 nitrogen and oxygen atoms in total. The first kappa shape index (κ1) is 49.0. The zero-order chi connectivity index (χ0) is 45.9. The standard InChI is InChI=1S/C49H67N3O10Si/c1-33(2)63(34(3)4,35(5)6)62-42-30-45(52-31-36(7)47(56)51(48(52)57)29-15-11-14-28-50-44(53)26-27-46(54)55)61-43(42)32-60-49(37-16-12-10-13-17-37,38-18-22-40(58-8)23-19-38)39-20-24-41(59-9)25-21-39/h10,12-13,16-25,31,33-35,42-43,45H,11,14-15,26-30,32H2,1-9H3,(H,50,53)(H,54,55)/t42-,43+,45+/m0/s1. The van der Waals surface area contributed by atoms with E-state index in [2.05, 4.69) is 59.0 Å². The lowest BCUT2D eigenvalue weighted by Gasteiger charge is -2.45. The molecule has 2 heterocycles. The zero-order valence-electron chi connectivity index (χ0n) is 38.4. The predicted octanol–water partition coefficient (Wildman–Crippen LogP) is 8.34. The first-order chi connectivity index (χ1) is 30.1. The molecule has 1 aliphatic heterocycles. The summed E-state index contributed by atoms with van der Waals surface area (Å²) in [6.45, 7) is 15.9. The second-order valence-electron chi connectivity index (χ2n) is 17.4. The zero-order valence-corrected chi connectivity index (χ0v) is 39.4. The number of carbonyl (C=O) groups is 2. The number of rotatable bonds is 23. The van der Waals surface area contributed by atoms with Crippen molar-refractivity contribution in [3.8, 4) is 11.5 Å². The van der Waals surface area contributed by atoms with Gasteiger partial charge in [-0.25, -0.2) is 4.79 Å². The molecule has 14 heteroatoms. The van der Waals surface area contributed by atoms with Gasteiger partial charge in [-0.1, -0.05) is 96.1 Å². The number of hydrogen-bond donors (Lipinski definition) is 2. The van der Waals surface area contributed by atoms with Crippen LogP contribution in [0.3, 0.4) is 0 Å². The van der Waals surface area contributed by atoms with Gasteiger partial charge in [0.05, 0.1) is 33.4 Å². The van der Waals surface area contributed by atoms with Gasteiger partial charge in [-0.3, -0.25) is 23.5 Å². The molecule has 1 aliphatic rings. The van der Waals surface area contributed by atoms with E-state index in [1.165, 1.54) is 9.13 Å². The van der Waals surface area contributed by atoms with Crippen LogP contribution in [0.2, 0.25) is 16.6 Å². The number of carboxylic acids is 1. The molecule has 0 spiro atoms. The number of amides is 1. The Morgan fingerprint density at radius 2 is 1.37 bits per heavy atom. The van der Waals surface area contributed by atoms with Gasteiger partial charge in [0.2, 0.25) is 14.2 Å². The summed E-state index contributed by atoms with van der Waals surface area (Å²) in [7, 11) is 0.778. The fourth-order valence-electron chi connectivity index (χ4n) is 9.37. The first-order valence-electron chi connectivity index (χ1n) is 22.2. The van der Waals surface area contributed by atoms with Crippen LogP contribution in [0, 0.1) is 6.92 Å². The molecule has 342 valence electrons. The number of carbonyl (C=O) groups excluding carboxylic acids is 1. The van der Waals surface area contributed by atoms with Gasteiger partial charge < -0.3 is 33.8 Å². The molecule has 3 atom stereocenters. The molecule has 3 aromatic carbocycles. The first-order valence-corrected chi connectivity index (χ1v) is 24.4. The number of aliphatic carboxylic acids is 1. The summed E-state index contributed by atoms with van der Waals surface area (Å²) in [6.07, 6.45) is 1.68. The van der Waals surface area contributed by atoms with Crippen molar-refractivity contribution < 1.29 is 38.1 Å². The molecule has 1 saturated heterocycles. The van der Waals surface area contributed by atoms with Crippen molar-refractivity contribution in [2.45, 2.75) is 134 Å². The van der Waals surface area contributed by atoms with Crippen molar-refractivity contribution >= 4 is 20.2 Å². The summed E-state index contributed by atoms with van der Waals surface area (Å²) in [5, 5.41) is 11.6. The van der Waals surface area contributed by atoms with E-state index in [1.54, 1.807) is 27.3 Å². The van der Waals surface area contributed by atoms with Gasteiger partial charge in [0.15, 0.2) is 0 Å². The van der Waals surface area contributed by atoms with Crippen molar-refractivity contribution in [1.82, 2.24) is 14.5 Å². The second-order valence-corrected chi connectivity index (χ2v) is 22.8. The number of carboxylic acid groups (broad SMARTS) is 1. The van der Waals surface area contributed by atoms with E-state index in [9.17, 15) is 19.2 Å². The van der Waals surface area contributed by atoms with Gasteiger partial charge >= 0.3 is 11.7 Å². The number of hydrogen-bond acceptors (Lipinski definition) is 9. The Labute approximate surface area is 372 Å². The highest BCUT2D eigenvalue weighted by Crippen LogP contribution is 2.47. The van der Waals surface area contributed by atoms with Gasteiger partial charge in [0.25, 0.3) is 5.56 Å². The average Bonchev–Trinajstić information content (AvgIpc) is 3.67. The molecule has 1 aromatic heterocycles. The molecule has 5 rings (SSSR count). The van der Waals surface area contributed by atoms with Crippen LogP contribution in [0.15, 0.2) is 94.6 Å². The highest BCUT2D eigenvalue weighted by molar-refractivity contribution is 6.77. The van der Waals surface area contributed by atoms with Crippen LogP contribution in [-0.2, 0) is 35.6 Å². The van der Waals surface area contributed by atoms with Crippen LogP contribution < -0.4 is 26.0 Å². The molecular weight excluding hydrogens is 819 g/mol. The lowest BCUT2D eigenvalue weighted by atomic mass is 9.80. The van der Waals surface area contributed by atoms with Crippen molar-refractivity contribution in [2.75, 3.05) is 27.4 Å². The number of methoxy groups -OCH3 is 2. The molecule has 0 radical (unpaired) electrons. The SMILES string of the molecule is COc1ccc(C(OC[C@H]2O[C@@H](n3cc(C)c(=O)n(CCCCCNC(=O)CCC(=O)O)c3=O)C[C@@H]2O[Si](C(C)C)(C(C)C)C(C)C)(c2ccccc2)c2ccc(OC)cc2)cc1. The van der Waals surface area contributed by atoms with Crippen molar-refractivity contribution in [3.05, 3.63) is 128 Å². The molecule has 0 saturated carbocycles. The van der Waals surface area contributed by atoms with Crippen molar-refractivity contribution in [2.24, 2.45) is 0 Å². The number of ether oxygens (including phenoxy) is 4. The van der Waals surface area contributed by atoms with E-state index in [-0.39, 0.29) is 54.1 Å². The summed E-state index contributed by atoms with van der Waals surface area (Å²) in [4.78, 5) is 50.5. The average molecular weight is 886 g/mol. The quantitative estimate of drug-likeness (QED) is 0.0422. The van der Waals surface area contributed by atoms with Crippen LogP contribution in [-0.4, -0.2) is 74.0 Å². The van der Waals surface area contributed by atoms with Gasteiger partial charge in [0, 0.05) is 37.7 Å². The number of aryl methyl sites for hydroxylation is 1. The Hall–Kier alpha value is -5.02. The smallest absolute Gasteiger partial charge is 0.333 e. The Morgan fingerprint density at radius 3 is 1.89 bits per heavy atom. The highest BCUT2D eigenvalue weighted by atomic mass is 28.4. The number of nitrogens with one attached hydrogen (secondary N) is 1. The van der Waals surface area contributed by atoms with E-state index in [0.717, 1.165) is 16.7 Å². The van der Waals surface area contributed by atoms with Crippen LogP contribution in [0.4, 0.5) is 0 Å². The number of aromatic nitrogens is 2. The monoisotopic (exact) mass is 885 g/mol. The summed E-state index contributed by atoms with van der Waals surface area (Å²) < 4.78 is 35.8. The highest BCUT2D eigenvalue weighted by Gasteiger charge is 2.51. The summed E-state index contributed by atoms with van der Waals surface area (Å²) in [5.41, 5.74) is 1.98. The summed E-state index contributed by atoms with van der Waals surface area (Å²) >= 11 is 0. The Balaban J connectivity index is 1.51. The predicted molar refractivity (Wildman–Crippen MR) is 246 cm³/mol. The number of unbranched alkanes of at least 4 members (excludes halogenated alkanes) is 2. The molecule has 0 bridgehead atoms. The molecule has 1 fully saturated rings. The summed E-state index contributed by atoms with van der Waals surface area (Å²) in [6, 6.07) is 25.8. The molecule has 0 aliphatic carbocycles. The van der Waals surface area contributed by atoms with E-state index in [0.29, 0.717) is 49.3 Å². The topological polar surface area (TPSA) is 157 Å². The Bertz CT molecular complexity index is 2150. The fourth-order valence-corrected chi connectivity index (χ4v) is 15.0. The summed E-state index contributed by atoms with van der Waals surface area (Å²) in [5.74, 6) is 0.0815. The van der Waals surface area contributed by atoms with E-state index in [4.69, 9.17) is 28.5 Å². The maximum atomic E-state index is 14.3. The molecular formula is C49H67N3O10Si. The molecule has 0 unspecified atom stereocenters. The third-order valence-electron chi connectivity index (χ3n) is 12.5. The lowest BCUT2D eigenvalue weighted by Crippen LogP contribution is -2.52. The molecule has 4 aromatic rings. The lowest BCUT2D eigenvalue weighted by molar-refractivity contribution is -0.138. The second kappa shape index (κ2) is 22.1. The van der Waals surface area contributed by atoms with E-state index >= 15 is 0 Å². The minimum atomic E-state index is -2.50. The maximum Gasteiger partial charge on any atom is 0.333 e. The minimum Gasteiger partial charge on any atom is -0.497 e. The molecule has 1 amide bonds. The van der Waals surface area contributed by atoms with Crippen molar-refractivity contribution in [1.29, 1.82) is 0 Å². The van der Waals surface area contributed by atoms with Crippen LogP contribution in [0.5, 0.6) is 11.5 Å². The number of nitrogens with zero attached hydrogens (tertiary/aromatic N) is 2. The Kier molecular flexibility index (Phi) is 17.2. The third kappa shape index (κ3) is 11.2. The maximum absolute atomic E-state index is 14.3.